The number of aromatic hydroxyl groups is 1. The highest BCUT2D eigenvalue weighted by molar-refractivity contribution is 5.91. The highest BCUT2D eigenvalue weighted by Gasteiger charge is 2.17. The third-order valence-electron chi connectivity index (χ3n) is 3.80. The van der Waals surface area contributed by atoms with E-state index in [1.807, 2.05) is 0 Å². The quantitative estimate of drug-likeness (QED) is 0.736. The molecule has 2 aromatic carbocycles. The van der Waals surface area contributed by atoms with E-state index in [1.54, 1.807) is 0 Å². The van der Waals surface area contributed by atoms with Crippen LogP contribution in [0.1, 0.15) is 57.2 Å². The van der Waals surface area contributed by atoms with Crippen molar-refractivity contribution in [2.45, 2.75) is 52.9 Å². The van der Waals surface area contributed by atoms with Gasteiger partial charge in [-0.1, -0.05) is 52.8 Å². The van der Waals surface area contributed by atoms with Gasteiger partial charge in [-0.3, -0.25) is 0 Å². The van der Waals surface area contributed by atoms with E-state index in [-0.39, 0.29) is 5.41 Å². The van der Waals surface area contributed by atoms with Crippen LogP contribution in [-0.4, -0.2) is 5.11 Å². The fraction of sp³-hybridized carbons (Fsp3) is 0.444. The SMILES string of the molecule is Cc1cc2ccc(C(C)(C)C)cc2c(O)c1C(C)C. The van der Waals surface area contributed by atoms with Crippen LogP contribution in [0.5, 0.6) is 5.75 Å². The second-order valence-electron chi connectivity index (χ2n) is 6.80. The van der Waals surface area contributed by atoms with Crippen molar-refractivity contribution in [1.82, 2.24) is 0 Å². The first kappa shape index (κ1) is 13.9. The zero-order valence-electron chi connectivity index (χ0n) is 12.8. The molecule has 0 aliphatic heterocycles. The molecule has 102 valence electrons. The molecule has 0 saturated carbocycles. The molecular weight excluding hydrogens is 232 g/mol. The highest BCUT2D eigenvalue weighted by atomic mass is 16.3. The summed E-state index contributed by atoms with van der Waals surface area (Å²) in [6.45, 7) is 12.9. The molecule has 0 atom stereocenters. The maximum absolute atomic E-state index is 10.6. The Morgan fingerprint density at radius 1 is 1.05 bits per heavy atom. The Labute approximate surface area is 116 Å². The van der Waals surface area contributed by atoms with Crippen molar-refractivity contribution >= 4 is 10.8 Å². The standard InChI is InChI=1S/C18H24O/c1-11(2)16-12(3)9-13-7-8-14(18(4,5)6)10-15(13)17(16)19/h7-11,19H,1-6H3. The molecule has 0 heterocycles. The van der Waals surface area contributed by atoms with E-state index in [2.05, 4.69) is 65.8 Å². The number of hydrogen-bond acceptors (Lipinski definition) is 1. The van der Waals surface area contributed by atoms with E-state index < -0.39 is 0 Å². The summed E-state index contributed by atoms with van der Waals surface area (Å²) in [5.41, 5.74) is 3.60. The molecule has 19 heavy (non-hydrogen) atoms. The lowest BCUT2D eigenvalue weighted by molar-refractivity contribution is 0.470. The lowest BCUT2D eigenvalue weighted by Crippen LogP contribution is -2.10. The van der Waals surface area contributed by atoms with Crippen LogP contribution in [0, 0.1) is 6.92 Å². The largest absolute Gasteiger partial charge is 0.507 e. The van der Waals surface area contributed by atoms with Crippen LogP contribution in [0.25, 0.3) is 10.8 Å². The minimum atomic E-state index is 0.101. The van der Waals surface area contributed by atoms with Gasteiger partial charge in [-0.25, -0.2) is 0 Å². The Balaban J connectivity index is 2.78. The summed E-state index contributed by atoms with van der Waals surface area (Å²) in [6, 6.07) is 8.59. The first-order valence-corrected chi connectivity index (χ1v) is 6.98. The molecule has 0 aromatic heterocycles. The van der Waals surface area contributed by atoms with Crippen molar-refractivity contribution in [1.29, 1.82) is 0 Å². The molecule has 2 rings (SSSR count). The molecular formula is C18H24O. The van der Waals surface area contributed by atoms with Crippen molar-refractivity contribution in [2.75, 3.05) is 0 Å². The second-order valence-corrected chi connectivity index (χ2v) is 6.80. The first-order valence-electron chi connectivity index (χ1n) is 6.98. The van der Waals surface area contributed by atoms with Crippen LogP contribution < -0.4 is 0 Å². The summed E-state index contributed by atoms with van der Waals surface area (Å²) in [4.78, 5) is 0. The molecule has 1 N–H and O–H groups in total. The van der Waals surface area contributed by atoms with Crippen LogP contribution in [0.3, 0.4) is 0 Å². The van der Waals surface area contributed by atoms with E-state index >= 15 is 0 Å². The van der Waals surface area contributed by atoms with Gasteiger partial charge in [0.15, 0.2) is 0 Å². The van der Waals surface area contributed by atoms with E-state index in [1.165, 1.54) is 11.1 Å². The average molecular weight is 256 g/mol. The second kappa shape index (κ2) is 4.56. The third kappa shape index (κ3) is 2.47. The summed E-state index contributed by atoms with van der Waals surface area (Å²) >= 11 is 0. The monoisotopic (exact) mass is 256 g/mol. The molecule has 2 aromatic rings. The van der Waals surface area contributed by atoms with Gasteiger partial charge in [-0.05, 0) is 46.4 Å². The number of phenols is 1. The zero-order chi connectivity index (χ0) is 14.4. The van der Waals surface area contributed by atoms with Gasteiger partial charge in [0, 0.05) is 5.39 Å². The van der Waals surface area contributed by atoms with Crippen LogP contribution in [0.2, 0.25) is 0 Å². The summed E-state index contributed by atoms with van der Waals surface area (Å²) in [6.07, 6.45) is 0. The van der Waals surface area contributed by atoms with Gasteiger partial charge in [0.1, 0.15) is 5.75 Å². The van der Waals surface area contributed by atoms with E-state index in [0.717, 1.165) is 16.3 Å². The number of aryl methyl sites for hydroxylation is 1. The van der Waals surface area contributed by atoms with Gasteiger partial charge in [-0.2, -0.15) is 0 Å². The number of benzene rings is 2. The number of rotatable bonds is 1. The van der Waals surface area contributed by atoms with Crippen molar-refractivity contribution in [2.24, 2.45) is 0 Å². The maximum atomic E-state index is 10.6. The van der Waals surface area contributed by atoms with E-state index in [0.29, 0.717) is 11.7 Å². The van der Waals surface area contributed by atoms with Crippen LogP contribution in [-0.2, 0) is 5.41 Å². The van der Waals surface area contributed by atoms with E-state index in [4.69, 9.17) is 0 Å². The molecule has 0 spiro atoms. The lowest BCUT2D eigenvalue weighted by atomic mass is 9.84. The van der Waals surface area contributed by atoms with Gasteiger partial charge in [-0.15, -0.1) is 0 Å². The normalized spacial score (nSPS) is 12.4. The van der Waals surface area contributed by atoms with Crippen molar-refractivity contribution in [3.8, 4) is 5.75 Å². The maximum Gasteiger partial charge on any atom is 0.127 e. The van der Waals surface area contributed by atoms with Gasteiger partial charge in [0.25, 0.3) is 0 Å². The molecule has 0 bridgehead atoms. The van der Waals surface area contributed by atoms with Gasteiger partial charge in [0.2, 0.25) is 0 Å². The average Bonchev–Trinajstić information content (AvgIpc) is 2.26. The molecule has 0 fully saturated rings. The Bertz CT molecular complexity index is 616. The lowest BCUT2D eigenvalue weighted by Gasteiger charge is -2.21. The molecule has 0 unspecified atom stereocenters. The van der Waals surface area contributed by atoms with Crippen LogP contribution in [0.4, 0.5) is 0 Å². The molecule has 0 amide bonds. The number of fused-ring (bicyclic) bond motifs is 1. The topological polar surface area (TPSA) is 20.2 Å². The fourth-order valence-electron chi connectivity index (χ4n) is 2.73. The Morgan fingerprint density at radius 2 is 1.68 bits per heavy atom. The Hall–Kier alpha value is -1.50. The summed E-state index contributed by atoms with van der Waals surface area (Å²) in [5, 5.41) is 12.7. The fourth-order valence-corrected chi connectivity index (χ4v) is 2.73. The summed E-state index contributed by atoms with van der Waals surface area (Å²) in [5.74, 6) is 0.791. The van der Waals surface area contributed by atoms with Crippen molar-refractivity contribution < 1.29 is 5.11 Å². The number of phenolic OH excluding ortho intramolecular Hbond substituents is 1. The van der Waals surface area contributed by atoms with Crippen LogP contribution in [0.15, 0.2) is 24.3 Å². The Kier molecular flexibility index (Phi) is 3.34. The smallest absolute Gasteiger partial charge is 0.127 e. The minimum Gasteiger partial charge on any atom is -0.507 e. The number of hydrogen-bond donors (Lipinski definition) is 1. The van der Waals surface area contributed by atoms with E-state index in [9.17, 15) is 5.11 Å². The highest BCUT2D eigenvalue weighted by Crippen LogP contribution is 2.38. The first-order chi connectivity index (χ1) is 8.71. The molecule has 0 radical (unpaired) electrons. The summed E-state index contributed by atoms with van der Waals surface area (Å²) < 4.78 is 0. The Morgan fingerprint density at radius 3 is 2.21 bits per heavy atom. The van der Waals surface area contributed by atoms with Crippen LogP contribution >= 0.6 is 0 Å². The minimum absolute atomic E-state index is 0.101. The molecule has 0 saturated heterocycles. The predicted octanol–water partition coefficient (Wildman–Crippen LogP) is 5.27. The van der Waals surface area contributed by atoms with Gasteiger partial charge >= 0.3 is 0 Å². The molecule has 0 aliphatic rings. The third-order valence-corrected chi connectivity index (χ3v) is 3.80. The van der Waals surface area contributed by atoms with Gasteiger partial charge < -0.3 is 5.11 Å². The summed E-state index contributed by atoms with van der Waals surface area (Å²) in [7, 11) is 0. The molecule has 0 aliphatic carbocycles. The molecule has 1 nitrogen and oxygen atoms in total. The van der Waals surface area contributed by atoms with Crippen molar-refractivity contribution in [3.05, 3.63) is 41.0 Å². The van der Waals surface area contributed by atoms with Gasteiger partial charge in [0.05, 0.1) is 0 Å². The predicted molar refractivity (Wildman–Crippen MR) is 83.1 cm³/mol. The zero-order valence-corrected chi connectivity index (χ0v) is 12.8. The molecule has 1 heteroatoms. The van der Waals surface area contributed by atoms with Crippen molar-refractivity contribution in [3.63, 3.8) is 0 Å².